The first-order chi connectivity index (χ1) is 14.7. The first-order valence-electron chi connectivity index (χ1n) is 9.43. The van der Waals surface area contributed by atoms with Gasteiger partial charge in [0.2, 0.25) is 11.7 Å². The molecule has 0 saturated heterocycles. The Labute approximate surface area is 171 Å². The summed E-state index contributed by atoms with van der Waals surface area (Å²) in [5, 5.41) is 4.49. The number of esters is 1. The summed E-state index contributed by atoms with van der Waals surface area (Å²) in [6.45, 7) is 3.70. The van der Waals surface area contributed by atoms with E-state index in [4.69, 9.17) is 13.9 Å². The van der Waals surface area contributed by atoms with Crippen molar-refractivity contribution in [2.75, 3.05) is 6.61 Å². The molecule has 1 atom stereocenters. The normalized spacial score (nSPS) is 15.7. The monoisotopic (exact) mass is 403 g/mol. The third-order valence-electron chi connectivity index (χ3n) is 4.81. The van der Waals surface area contributed by atoms with E-state index in [0.717, 1.165) is 0 Å². The maximum absolute atomic E-state index is 12.8. The summed E-state index contributed by atoms with van der Waals surface area (Å²) in [4.78, 5) is 26.2. The van der Waals surface area contributed by atoms with Crippen LogP contribution in [0.3, 0.4) is 0 Å². The fourth-order valence-electron chi connectivity index (χ4n) is 3.56. The standard InChI is InChI=1S/C21H17N5O4/c1-3-28-21(27)15-12(2)30-20-17(16(15)14-8-6-10-29-14)19-24-18(25-26(19)11-23-20)13-7-4-5-9-22-13/h4-11,16H,3H2,1-2H3. The molecule has 0 aromatic carbocycles. The van der Waals surface area contributed by atoms with Gasteiger partial charge in [0.15, 0.2) is 5.65 Å². The number of carbonyl (C=O) groups is 1. The lowest BCUT2D eigenvalue weighted by Crippen LogP contribution is -2.24. The van der Waals surface area contributed by atoms with E-state index in [1.165, 1.54) is 6.33 Å². The molecule has 9 heteroatoms. The molecule has 150 valence electrons. The smallest absolute Gasteiger partial charge is 0.338 e. The van der Waals surface area contributed by atoms with Crippen molar-refractivity contribution in [1.82, 2.24) is 24.6 Å². The van der Waals surface area contributed by atoms with E-state index in [1.807, 2.05) is 18.2 Å². The topological polar surface area (TPSA) is 105 Å². The zero-order valence-corrected chi connectivity index (χ0v) is 16.3. The summed E-state index contributed by atoms with van der Waals surface area (Å²) in [6.07, 6.45) is 4.75. The van der Waals surface area contributed by atoms with Crippen LogP contribution in [0.2, 0.25) is 0 Å². The molecule has 5 rings (SSSR count). The van der Waals surface area contributed by atoms with E-state index in [1.54, 1.807) is 43.0 Å². The SMILES string of the molecule is CCOC(=O)C1=C(C)Oc2ncn3nc(-c4ccccn4)nc3c2C1c1ccco1. The zero-order valence-electron chi connectivity index (χ0n) is 16.3. The molecule has 9 nitrogen and oxygen atoms in total. The van der Waals surface area contributed by atoms with Crippen LogP contribution in [0.5, 0.6) is 5.88 Å². The Hall–Kier alpha value is -4.01. The van der Waals surface area contributed by atoms with E-state index >= 15 is 0 Å². The van der Waals surface area contributed by atoms with Crippen LogP contribution in [0.4, 0.5) is 0 Å². The Kier molecular flexibility index (Phi) is 4.27. The molecule has 5 heterocycles. The maximum atomic E-state index is 12.8. The lowest BCUT2D eigenvalue weighted by atomic mass is 9.87. The van der Waals surface area contributed by atoms with Crippen LogP contribution < -0.4 is 4.74 Å². The Balaban J connectivity index is 1.75. The van der Waals surface area contributed by atoms with Gasteiger partial charge in [0.05, 0.1) is 29.9 Å². The van der Waals surface area contributed by atoms with Crippen molar-refractivity contribution < 1.29 is 18.7 Å². The van der Waals surface area contributed by atoms with Crippen molar-refractivity contribution in [2.45, 2.75) is 19.8 Å². The molecule has 4 aromatic heterocycles. The number of aromatic nitrogens is 5. The van der Waals surface area contributed by atoms with Gasteiger partial charge in [-0.2, -0.15) is 0 Å². The van der Waals surface area contributed by atoms with Gasteiger partial charge in [-0.25, -0.2) is 19.3 Å². The van der Waals surface area contributed by atoms with Crippen LogP contribution in [-0.4, -0.2) is 37.1 Å². The summed E-state index contributed by atoms with van der Waals surface area (Å²) >= 11 is 0. The highest BCUT2D eigenvalue weighted by atomic mass is 16.5. The molecule has 0 bridgehead atoms. The Morgan fingerprint density at radius 2 is 2.13 bits per heavy atom. The lowest BCUT2D eigenvalue weighted by molar-refractivity contribution is -0.139. The van der Waals surface area contributed by atoms with Gasteiger partial charge in [-0.1, -0.05) is 6.07 Å². The molecule has 1 aliphatic heterocycles. The molecule has 4 aromatic rings. The summed E-state index contributed by atoms with van der Waals surface area (Å²) in [5.74, 6) is 0.665. The van der Waals surface area contributed by atoms with Crippen molar-refractivity contribution in [3.63, 3.8) is 0 Å². The van der Waals surface area contributed by atoms with Crippen LogP contribution in [0.1, 0.15) is 31.1 Å². The van der Waals surface area contributed by atoms with Gasteiger partial charge in [0.1, 0.15) is 23.5 Å². The van der Waals surface area contributed by atoms with Gasteiger partial charge in [-0.15, -0.1) is 5.10 Å². The Bertz CT molecular complexity index is 1260. The maximum Gasteiger partial charge on any atom is 0.338 e. The van der Waals surface area contributed by atoms with Gasteiger partial charge in [-0.3, -0.25) is 4.98 Å². The highest BCUT2D eigenvalue weighted by molar-refractivity contribution is 5.93. The zero-order chi connectivity index (χ0) is 20.7. The lowest BCUT2D eigenvalue weighted by Gasteiger charge is -2.26. The number of fused-ring (bicyclic) bond motifs is 3. The average Bonchev–Trinajstić information content (AvgIpc) is 3.43. The third-order valence-corrected chi connectivity index (χ3v) is 4.81. The molecule has 0 N–H and O–H groups in total. The first kappa shape index (κ1) is 18.0. The van der Waals surface area contributed by atoms with Crippen molar-refractivity contribution in [3.8, 4) is 17.4 Å². The minimum Gasteiger partial charge on any atom is -0.468 e. The minimum absolute atomic E-state index is 0.241. The number of hydrogen-bond acceptors (Lipinski definition) is 8. The summed E-state index contributed by atoms with van der Waals surface area (Å²) in [5.41, 5.74) is 2.04. The molecule has 1 unspecified atom stereocenters. The fourth-order valence-corrected chi connectivity index (χ4v) is 3.56. The molecule has 0 aliphatic carbocycles. The van der Waals surface area contributed by atoms with Gasteiger partial charge in [0.25, 0.3) is 0 Å². The van der Waals surface area contributed by atoms with E-state index in [-0.39, 0.29) is 6.61 Å². The number of nitrogens with zero attached hydrogens (tertiary/aromatic N) is 5. The molecule has 0 spiro atoms. The molecule has 0 radical (unpaired) electrons. The van der Waals surface area contributed by atoms with Crippen molar-refractivity contribution >= 4 is 11.6 Å². The van der Waals surface area contributed by atoms with Crippen LogP contribution in [-0.2, 0) is 9.53 Å². The van der Waals surface area contributed by atoms with Crippen molar-refractivity contribution in [2.24, 2.45) is 0 Å². The summed E-state index contributed by atoms with van der Waals surface area (Å²) < 4.78 is 18.4. The Morgan fingerprint density at radius 1 is 1.23 bits per heavy atom. The van der Waals surface area contributed by atoms with Crippen LogP contribution >= 0.6 is 0 Å². The highest BCUT2D eigenvalue weighted by Gasteiger charge is 2.39. The second-order valence-corrected chi connectivity index (χ2v) is 6.62. The highest BCUT2D eigenvalue weighted by Crippen LogP contribution is 2.44. The number of hydrogen-bond donors (Lipinski definition) is 0. The Morgan fingerprint density at radius 3 is 2.87 bits per heavy atom. The van der Waals surface area contributed by atoms with Gasteiger partial charge < -0.3 is 13.9 Å². The number of furan rings is 1. The molecule has 1 aliphatic rings. The number of carbonyl (C=O) groups excluding carboxylic acids is 1. The second-order valence-electron chi connectivity index (χ2n) is 6.62. The van der Waals surface area contributed by atoms with Crippen LogP contribution in [0.15, 0.2) is 64.9 Å². The van der Waals surface area contributed by atoms with Gasteiger partial charge in [-0.05, 0) is 38.1 Å². The second kappa shape index (κ2) is 7.11. The number of rotatable bonds is 4. The van der Waals surface area contributed by atoms with Crippen molar-refractivity contribution in [1.29, 1.82) is 0 Å². The quantitative estimate of drug-likeness (QED) is 0.479. The van der Waals surface area contributed by atoms with E-state index < -0.39 is 11.9 Å². The van der Waals surface area contributed by atoms with Crippen LogP contribution in [0.25, 0.3) is 17.2 Å². The molecular formula is C21H17N5O4. The average molecular weight is 403 g/mol. The first-order valence-corrected chi connectivity index (χ1v) is 9.43. The molecule has 0 fully saturated rings. The van der Waals surface area contributed by atoms with Crippen molar-refractivity contribution in [3.05, 3.63) is 71.8 Å². The molecular weight excluding hydrogens is 386 g/mol. The predicted molar refractivity (Wildman–Crippen MR) is 105 cm³/mol. The summed E-state index contributed by atoms with van der Waals surface area (Å²) in [7, 11) is 0. The van der Waals surface area contributed by atoms with Gasteiger partial charge in [0, 0.05) is 6.20 Å². The van der Waals surface area contributed by atoms with E-state index in [2.05, 4.69) is 20.1 Å². The van der Waals surface area contributed by atoms with E-state index in [0.29, 0.717) is 45.7 Å². The largest absolute Gasteiger partial charge is 0.468 e. The van der Waals surface area contributed by atoms with Crippen LogP contribution in [0, 0.1) is 0 Å². The summed E-state index contributed by atoms with van der Waals surface area (Å²) in [6, 6.07) is 9.07. The number of ether oxygens (including phenoxy) is 2. The number of allylic oxidation sites excluding steroid dienone is 1. The van der Waals surface area contributed by atoms with Gasteiger partial charge >= 0.3 is 5.97 Å². The molecule has 0 saturated carbocycles. The third kappa shape index (κ3) is 2.83. The predicted octanol–water partition coefficient (Wildman–Crippen LogP) is 3.14. The molecule has 0 amide bonds. The van der Waals surface area contributed by atoms with E-state index in [9.17, 15) is 4.79 Å². The fraction of sp³-hybridized carbons (Fsp3) is 0.190. The number of pyridine rings is 1. The molecule has 30 heavy (non-hydrogen) atoms. The minimum atomic E-state index is -0.597.